The number of fused-ring (bicyclic) bond motifs is 6. The second-order valence-corrected chi connectivity index (χ2v) is 9.34. The number of hydrogen-bond acceptors (Lipinski definition) is 8. The van der Waals surface area contributed by atoms with Crippen LogP contribution in [0.15, 0.2) is 78.9 Å². The number of carbonyl (C=O) groups is 3. The summed E-state index contributed by atoms with van der Waals surface area (Å²) in [5, 5.41) is 26.4. The van der Waals surface area contributed by atoms with Crippen molar-refractivity contribution in [1.82, 2.24) is 0 Å². The number of ether oxygens (including phenoxy) is 2. The summed E-state index contributed by atoms with van der Waals surface area (Å²) in [5.41, 5.74) is 1.96. The van der Waals surface area contributed by atoms with Gasteiger partial charge in [-0.2, -0.15) is 0 Å². The zero-order valence-corrected chi connectivity index (χ0v) is 20.7. The van der Waals surface area contributed by atoms with Gasteiger partial charge in [-0.25, -0.2) is 4.79 Å². The van der Waals surface area contributed by atoms with E-state index in [0.717, 1.165) is 0 Å². The molecule has 2 aliphatic heterocycles. The van der Waals surface area contributed by atoms with E-state index in [0.29, 0.717) is 45.1 Å². The number of aromatic hydroxyl groups is 2. The topological polar surface area (TPSA) is 134 Å². The van der Waals surface area contributed by atoms with Gasteiger partial charge in [-0.3, -0.25) is 9.59 Å². The summed E-state index contributed by atoms with van der Waals surface area (Å²) in [4.78, 5) is 35.4. The Labute approximate surface area is 226 Å². The van der Waals surface area contributed by atoms with Crippen LogP contribution in [0, 0.1) is 0 Å². The Morgan fingerprint density at radius 2 is 1.36 bits per heavy atom. The van der Waals surface area contributed by atoms with Gasteiger partial charge in [-0.1, -0.05) is 6.07 Å². The lowest BCUT2D eigenvalue weighted by Crippen LogP contribution is -2.32. The summed E-state index contributed by atoms with van der Waals surface area (Å²) in [6.07, 6.45) is 0.253. The van der Waals surface area contributed by atoms with Gasteiger partial charge in [-0.05, 0) is 72.9 Å². The number of phenols is 2. The number of benzene rings is 4. The van der Waals surface area contributed by atoms with Gasteiger partial charge >= 0.3 is 5.97 Å². The van der Waals surface area contributed by atoms with Crippen LogP contribution in [0.4, 0.5) is 11.4 Å². The van der Waals surface area contributed by atoms with Crippen molar-refractivity contribution in [2.45, 2.75) is 5.60 Å². The van der Waals surface area contributed by atoms with E-state index in [-0.39, 0.29) is 28.5 Å². The van der Waals surface area contributed by atoms with E-state index in [9.17, 15) is 24.6 Å². The molecule has 4 aromatic rings. The molecular weight excluding hydrogens is 520 g/mol. The first-order valence-electron chi connectivity index (χ1n) is 11.7. The monoisotopic (exact) mass is 538 g/mol. The van der Waals surface area contributed by atoms with Crippen molar-refractivity contribution < 1.29 is 34.1 Å². The number of aldehydes is 1. The standard InChI is InChI=1S/C29H18N2O7S/c32-14-24(35)15-1-3-16(4-2-15)30-28(39)31-17-5-8-21-20(11-17)27(36)38-29(21)22-9-6-18(33)12-25(22)37-26-13-19(34)7-10-23(26)29/h1-14,33-34H,(H2,30,31,39). The van der Waals surface area contributed by atoms with E-state index < -0.39 is 17.4 Å². The maximum Gasteiger partial charge on any atom is 0.340 e. The van der Waals surface area contributed by atoms with E-state index in [4.69, 9.17) is 21.7 Å². The number of ketones is 1. The van der Waals surface area contributed by atoms with Crippen LogP contribution >= 0.6 is 12.2 Å². The minimum atomic E-state index is -1.35. The molecule has 0 amide bonds. The minimum Gasteiger partial charge on any atom is -0.508 e. The highest BCUT2D eigenvalue weighted by Gasteiger charge is 2.53. The van der Waals surface area contributed by atoms with Crippen molar-refractivity contribution in [2.24, 2.45) is 0 Å². The summed E-state index contributed by atoms with van der Waals surface area (Å²) in [6, 6.07) is 20.5. The van der Waals surface area contributed by atoms with Crippen LogP contribution in [-0.4, -0.2) is 33.4 Å². The van der Waals surface area contributed by atoms with E-state index in [2.05, 4.69) is 10.6 Å². The number of thiocarbonyl (C=S) groups is 1. The Balaban J connectivity index is 1.34. The molecule has 192 valence electrons. The zero-order chi connectivity index (χ0) is 27.3. The molecule has 10 heteroatoms. The fourth-order valence-electron chi connectivity index (χ4n) is 4.86. The van der Waals surface area contributed by atoms with E-state index in [1.807, 2.05) is 0 Å². The normalized spacial score (nSPS) is 13.8. The van der Waals surface area contributed by atoms with Crippen LogP contribution in [0.2, 0.25) is 0 Å². The van der Waals surface area contributed by atoms with Crippen LogP contribution in [0.25, 0.3) is 0 Å². The summed E-state index contributed by atoms with van der Waals surface area (Å²) in [6.45, 7) is 0. The lowest BCUT2D eigenvalue weighted by molar-refractivity contribution is -0.104. The molecule has 0 aliphatic carbocycles. The number of esters is 1. The van der Waals surface area contributed by atoms with Crippen LogP contribution in [0.1, 0.15) is 37.4 Å². The van der Waals surface area contributed by atoms with E-state index in [1.54, 1.807) is 42.5 Å². The Kier molecular flexibility index (Phi) is 5.55. The Morgan fingerprint density at radius 3 is 1.97 bits per heavy atom. The quantitative estimate of drug-likeness (QED) is 0.0939. The molecule has 2 heterocycles. The lowest BCUT2D eigenvalue weighted by atomic mass is 9.77. The molecule has 1 spiro atoms. The first-order valence-corrected chi connectivity index (χ1v) is 12.1. The first-order chi connectivity index (χ1) is 18.8. The van der Waals surface area contributed by atoms with E-state index in [1.165, 1.54) is 36.4 Å². The number of phenolic OH excluding ortho intramolecular Hbond substituents is 2. The molecule has 2 aliphatic rings. The fraction of sp³-hybridized carbons (Fsp3) is 0.0345. The molecule has 4 aromatic carbocycles. The highest BCUT2D eigenvalue weighted by atomic mass is 32.1. The van der Waals surface area contributed by atoms with Gasteiger partial charge < -0.3 is 30.3 Å². The summed E-state index contributed by atoms with van der Waals surface area (Å²) in [5.74, 6) is -0.647. The van der Waals surface area contributed by atoms with Crippen molar-refractivity contribution in [2.75, 3.05) is 10.6 Å². The van der Waals surface area contributed by atoms with Crippen LogP contribution < -0.4 is 15.4 Å². The average Bonchev–Trinajstić information content (AvgIpc) is 3.20. The summed E-state index contributed by atoms with van der Waals surface area (Å²) >= 11 is 5.40. The van der Waals surface area contributed by atoms with Gasteiger partial charge in [0.2, 0.25) is 5.78 Å². The Hall–Kier alpha value is -5.22. The molecule has 39 heavy (non-hydrogen) atoms. The number of Topliss-reactive ketones (excluding diaryl/α,β-unsaturated/α-hetero) is 1. The van der Waals surface area contributed by atoms with Crippen LogP contribution in [-0.2, 0) is 15.1 Å². The third kappa shape index (κ3) is 3.94. The molecular formula is C29H18N2O7S. The maximum atomic E-state index is 13.2. The number of hydrogen-bond donors (Lipinski definition) is 4. The largest absolute Gasteiger partial charge is 0.508 e. The smallest absolute Gasteiger partial charge is 0.340 e. The fourth-order valence-corrected chi connectivity index (χ4v) is 5.10. The molecule has 0 radical (unpaired) electrons. The number of anilines is 2. The molecule has 0 fully saturated rings. The van der Waals surface area contributed by atoms with Gasteiger partial charge in [0.05, 0.1) is 5.56 Å². The predicted molar refractivity (Wildman–Crippen MR) is 145 cm³/mol. The van der Waals surface area contributed by atoms with Crippen molar-refractivity contribution in [1.29, 1.82) is 0 Å². The van der Waals surface area contributed by atoms with Crippen molar-refractivity contribution >= 4 is 46.7 Å². The molecule has 6 rings (SSSR count). The highest BCUT2D eigenvalue weighted by molar-refractivity contribution is 7.80. The maximum absolute atomic E-state index is 13.2. The molecule has 9 nitrogen and oxygen atoms in total. The molecule has 0 aromatic heterocycles. The number of carbonyl (C=O) groups excluding carboxylic acids is 3. The first kappa shape index (κ1) is 24.1. The van der Waals surface area contributed by atoms with Crippen molar-refractivity contribution in [3.05, 3.63) is 107 Å². The second kappa shape index (κ2) is 8.96. The Morgan fingerprint density at radius 1 is 0.795 bits per heavy atom. The molecule has 4 N–H and O–H groups in total. The number of rotatable bonds is 4. The molecule has 0 saturated heterocycles. The van der Waals surface area contributed by atoms with Crippen molar-refractivity contribution in [3.8, 4) is 23.0 Å². The van der Waals surface area contributed by atoms with Gasteiger partial charge in [0, 0.05) is 45.8 Å². The average molecular weight is 539 g/mol. The Bertz CT molecular complexity index is 1660. The molecule has 0 saturated carbocycles. The second-order valence-electron chi connectivity index (χ2n) is 8.93. The summed E-state index contributed by atoms with van der Waals surface area (Å²) < 4.78 is 12.0. The zero-order valence-electron chi connectivity index (χ0n) is 19.9. The lowest BCUT2D eigenvalue weighted by Gasteiger charge is -2.36. The minimum absolute atomic E-state index is 0.0254. The summed E-state index contributed by atoms with van der Waals surface area (Å²) in [7, 11) is 0. The van der Waals surface area contributed by atoms with Gasteiger partial charge in [-0.15, -0.1) is 0 Å². The highest BCUT2D eigenvalue weighted by Crippen LogP contribution is 2.57. The van der Waals surface area contributed by atoms with E-state index >= 15 is 0 Å². The SMILES string of the molecule is O=CC(=O)c1ccc(NC(=S)Nc2ccc3c(c2)C(=O)OC32c3ccc(O)cc3Oc3cc(O)ccc32)cc1. The molecule has 0 unspecified atom stereocenters. The van der Waals surface area contributed by atoms with Crippen LogP contribution in [0.5, 0.6) is 23.0 Å². The van der Waals surface area contributed by atoms with Gasteiger partial charge in [0.1, 0.15) is 23.0 Å². The van der Waals surface area contributed by atoms with Gasteiger partial charge in [0.25, 0.3) is 0 Å². The third-order valence-corrected chi connectivity index (χ3v) is 6.77. The predicted octanol–water partition coefficient (Wildman–Crippen LogP) is 4.86. The third-order valence-electron chi connectivity index (χ3n) is 6.57. The molecule has 0 atom stereocenters. The van der Waals surface area contributed by atoms with Crippen LogP contribution in [0.3, 0.4) is 0 Å². The molecule has 0 bridgehead atoms. The van der Waals surface area contributed by atoms with Crippen molar-refractivity contribution in [3.63, 3.8) is 0 Å². The van der Waals surface area contributed by atoms with Gasteiger partial charge in [0.15, 0.2) is 17.0 Å². The number of nitrogens with one attached hydrogen (secondary N) is 2.